The van der Waals surface area contributed by atoms with Crippen LogP contribution in [0.3, 0.4) is 0 Å². The molecule has 15 heavy (non-hydrogen) atoms. The molecule has 0 radical (unpaired) electrons. The fraction of sp³-hybridized carbons (Fsp3) is 0.167. The molecule has 0 bridgehead atoms. The van der Waals surface area contributed by atoms with E-state index in [9.17, 15) is 22.0 Å². The van der Waals surface area contributed by atoms with E-state index in [1.165, 1.54) is 0 Å². The summed E-state index contributed by atoms with van der Waals surface area (Å²) in [5.74, 6) is 0. The van der Waals surface area contributed by atoms with Gasteiger partial charge in [-0.1, -0.05) is 0 Å². The van der Waals surface area contributed by atoms with Gasteiger partial charge in [0, 0.05) is 11.6 Å². The number of aromatic amines is 1. The standard InChI is InChI=1S/C6H7F2N3O3S/c7-5(8)2-1-3(12)11-6(4(2)9)15(10,13)14/h1,5H,9H2,(H,11,12)(H2,10,13,14). The van der Waals surface area contributed by atoms with E-state index in [-0.39, 0.29) is 0 Å². The summed E-state index contributed by atoms with van der Waals surface area (Å²) < 4.78 is 46.3. The summed E-state index contributed by atoms with van der Waals surface area (Å²) in [7, 11) is -4.33. The van der Waals surface area contributed by atoms with Gasteiger partial charge in [0.2, 0.25) is 5.56 Å². The second-order valence-electron chi connectivity index (χ2n) is 2.68. The van der Waals surface area contributed by atoms with Gasteiger partial charge in [0.15, 0.2) is 5.03 Å². The molecule has 1 aromatic heterocycles. The zero-order valence-electron chi connectivity index (χ0n) is 7.20. The molecule has 0 amide bonds. The Morgan fingerprint density at radius 3 is 2.33 bits per heavy atom. The van der Waals surface area contributed by atoms with E-state index >= 15 is 0 Å². The van der Waals surface area contributed by atoms with E-state index in [0.717, 1.165) is 0 Å². The maximum atomic E-state index is 12.3. The minimum Gasteiger partial charge on any atom is -0.396 e. The molecule has 1 rings (SSSR count). The maximum Gasteiger partial charge on any atom is 0.266 e. The number of rotatable bonds is 2. The van der Waals surface area contributed by atoms with Crippen molar-refractivity contribution in [2.45, 2.75) is 11.5 Å². The quantitative estimate of drug-likeness (QED) is 0.647. The van der Waals surface area contributed by atoms with Crippen LogP contribution in [0.15, 0.2) is 15.9 Å². The molecule has 1 aromatic rings. The van der Waals surface area contributed by atoms with Crippen LogP contribution in [0.1, 0.15) is 12.0 Å². The molecule has 84 valence electrons. The molecular formula is C6H7F2N3O3S. The van der Waals surface area contributed by atoms with Gasteiger partial charge in [0.25, 0.3) is 16.4 Å². The van der Waals surface area contributed by atoms with Crippen molar-refractivity contribution < 1.29 is 17.2 Å². The van der Waals surface area contributed by atoms with Crippen LogP contribution in [0.5, 0.6) is 0 Å². The topological polar surface area (TPSA) is 119 Å². The Morgan fingerprint density at radius 2 is 1.93 bits per heavy atom. The van der Waals surface area contributed by atoms with Crippen LogP contribution in [0.2, 0.25) is 0 Å². The summed E-state index contributed by atoms with van der Waals surface area (Å²) in [5.41, 5.74) is 2.52. The minimum absolute atomic E-state index is 0.522. The molecule has 9 heteroatoms. The summed E-state index contributed by atoms with van der Waals surface area (Å²) in [6.07, 6.45) is -3.05. The zero-order chi connectivity index (χ0) is 11.8. The molecule has 6 nitrogen and oxygen atoms in total. The molecule has 0 aliphatic carbocycles. The highest BCUT2D eigenvalue weighted by atomic mass is 32.2. The second kappa shape index (κ2) is 3.59. The predicted octanol–water partition coefficient (Wildman–Crippen LogP) is -0.458. The number of nitrogens with one attached hydrogen (secondary N) is 1. The normalized spacial score (nSPS) is 12.0. The molecule has 0 fully saturated rings. The van der Waals surface area contributed by atoms with Crippen LogP contribution in [0, 0.1) is 0 Å². The third-order valence-electron chi connectivity index (χ3n) is 1.60. The van der Waals surface area contributed by atoms with Gasteiger partial charge in [-0.3, -0.25) is 4.79 Å². The average Bonchev–Trinajstić information content (AvgIpc) is 2.06. The van der Waals surface area contributed by atoms with E-state index in [0.29, 0.717) is 6.07 Å². The van der Waals surface area contributed by atoms with Gasteiger partial charge in [-0.2, -0.15) is 0 Å². The van der Waals surface area contributed by atoms with Gasteiger partial charge < -0.3 is 10.7 Å². The lowest BCUT2D eigenvalue weighted by Crippen LogP contribution is -2.22. The van der Waals surface area contributed by atoms with Crippen LogP contribution >= 0.6 is 0 Å². The molecule has 0 saturated heterocycles. The van der Waals surface area contributed by atoms with Crippen molar-refractivity contribution >= 4 is 15.7 Å². The monoisotopic (exact) mass is 239 g/mol. The van der Waals surface area contributed by atoms with Crippen LogP contribution in [0.25, 0.3) is 0 Å². The number of sulfonamides is 1. The first kappa shape index (κ1) is 11.6. The number of pyridine rings is 1. The summed E-state index contributed by atoms with van der Waals surface area (Å²) >= 11 is 0. The third-order valence-corrected chi connectivity index (χ3v) is 2.49. The van der Waals surface area contributed by atoms with E-state index in [1.54, 1.807) is 4.98 Å². The summed E-state index contributed by atoms with van der Waals surface area (Å²) in [5, 5.41) is 3.77. The lowest BCUT2D eigenvalue weighted by Gasteiger charge is -2.07. The highest BCUT2D eigenvalue weighted by Crippen LogP contribution is 2.26. The zero-order valence-corrected chi connectivity index (χ0v) is 8.01. The number of halogens is 2. The average molecular weight is 239 g/mol. The number of alkyl halides is 2. The summed E-state index contributed by atoms with van der Waals surface area (Å²) in [6, 6.07) is 0.522. The van der Waals surface area contributed by atoms with Crippen LogP contribution in [-0.2, 0) is 10.0 Å². The highest BCUT2D eigenvalue weighted by Gasteiger charge is 2.21. The van der Waals surface area contributed by atoms with Gasteiger partial charge >= 0.3 is 0 Å². The Hall–Kier alpha value is -1.48. The van der Waals surface area contributed by atoms with Crippen molar-refractivity contribution in [2.24, 2.45) is 5.14 Å². The molecule has 1 heterocycles. The van der Waals surface area contributed by atoms with E-state index in [4.69, 9.17) is 5.73 Å². The second-order valence-corrected chi connectivity index (χ2v) is 4.18. The van der Waals surface area contributed by atoms with Crippen molar-refractivity contribution in [1.29, 1.82) is 0 Å². The fourth-order valence-electron chi connectivity index (χ4n) is 0.970. The Balaban J connectivity index is 3.64. The van der Waals surface area contributed by atoms with Crippen LogP contribution in [-0.4, -0.2) is 13.4 Å². The molecular weight excluding hydrogens is 232 g/mol. The van der Waals surface area contributed by atoms with Gasteiger partial charge in [0.1, 0.15) is 0 Å². The summed E-state index contributed by atoms with van der Waals surface area (Å²) in [4.78, 5) is 12.6. The first-order valence-electron chi connectivity index (χ1n) is 3.57. The number of primary sulfonamides is 1. The number of nitrogen functional groups attached to an aromatic ring is 1. The van der Waals surface area contributed by atoms with Crippen molar-refractivity contribution in [3.05, 3.63) is 22.0 Å². The molecule has 0 atom stereocenters. The number of aromatic nitrogens is 1. The Kier molecular flexibility index (Phi) is 2.77. The largest absolute Gasteiger partial charge is 0.396 e. The lowest BCUT2D eigenvalue weighted by molar-refractivity contribution is 0.151. The van der Waals surface area contributed by atoms with Crippen molar-refractivity contribution in [3.8, 4) is 0 Å². The SMILES string of the molecule is Nc1c(C(F)F)cc(=O)[nH]c1S(N)(=O)=O. The number of nitrogens with two attached hydrogens (primary N) is 2. The van der Waals surface area contributed by atoms with Gasteiger partial charge in [-0.05, 0) is 0 Å². The van der Waals surface area contributed by atoms with Gasteiger partial charge in [-0.15, -0.1) is 0 Å². The Labute approximate surface area is 82.9 Å². The third kappa shape index (κ3) is 2.30. The van der Waals surface area contributed by atoms with Gasteiger partial charge in [0.05, 0.1) is 5.69 Å². The molecule has 0 unspecified atom stereocenters. The van der Waals surface area contributed by atoms with Crippen LogP contribution in [0.4, 0.5) is 14.5 Å². The van der Waals surface area contributed by atoms with Crippen LogP contribution < -0.4 is 16.4 Å². The number of H-pyrrole nitrogens is 1. The van der Waals surface area contributed by atoms with Gasteiger partial charge in [-0.25, -0.2) is 22.3 Å². The molecule has 0 aliphatic heterocycles. The smallest absolute Gasteiger partial charge is 0.266 e. The van der Waals surface area contributed by atoms with E-state index in [1.807, 2.05) is 0 Å². The van der Waals surface area contributed by atoms with Crippen molar-refractivity contribution in [3.63, 3.8) is 0 Å². The number of hydrogen-bond donors (Lipinski definition) is 3. The van der Waals surface area contributed by atoms with E-state index < -0.39 is 38.3 Å². The first-order chi connectivity index (χ1) is 6.73. The fourth-order valence-corrected chi connectivity index (χ4v) is 1.64. The van der Waals surface area contributed by atoms with Crippen molar-refractivity contribution in [1.82, 2.24) is 4.98 Å². The molecule has 0 saturated carbocycles. The molecule has 0 aliphatic rings. The van der Waals surface area contributed by atoms with Crippen molar-refractivity contribution in [2.75, 3.05) is 5.73 Å². The molecule has 0 aromatic carbocycles. The summed E-state index contributed by atoms with van der Waals surface area (Å²) in [6.45, 7) is 0. The predicted molar refractivity (Wildman–Crippen MR) is 47.8 cm³/mol. The lowest BCUT2D eigenvalue weighted by atomic mass is 10.2. The highest BCUT2D eigenvalue weighted by molar-refractivity contribution is 7.89. The minimum atomic E-state index is -4.33. The Bertz CT molecular complexity index is 537. The maximum absolute atomic E-state index is 12.3. The Morgan fingerprint density at radius 1 is 1.40 bits per heavy atom. The molecule has 0 spiro atoms. The number of hydrogen-bond acceptors (Lipinski definition) is 4. The molecule has 5 N–H and O–H groups in total. The van der Waals surface area contributed by atoms with E-state index in [2.05, 4.69) is 5.14 Å². The number of anilines is 1. The first-order valence-corrected chi connectivity index (χ1v) is 5.11.